The van der Waals surface area contributed by atoms with E-state index >= 15 is 0 Å². The fourth-order valence-electron chi connectivity index (χ4n) is 2.61. The summed E-state index contributed by atoms with van der Waals surface area (Å²) < 4.78 is 17.5. The van der Waals surface area contributed by atoms with Gasteiger partial charge in [0.15, 0.2) is 10.4 Å². The van der Waals surface area contributed by atoms with Crippen LogP contribution in [0.4, 0.5) is 4.39 Å². The van der Waals surface area contributed by atoms with E-state index in [0.717, 1.165) is 35.3 Å². The van der Waals surface area contributed by atoms with Gasteiger partial charge in [-0.15, -0.1) is 0 Å². The van der Waals surface area contributed by atoms with Gasteiger partial charge >= 0.3 is 0 Å². The normalized spacial score (nSPS) is 11.4. The van der Waals surface area contributed by atoms with Gasteiger partial charge in [-0.05, 0) is 36.3 Å². The van der Waals surface area contributed by atoms with Crippen molar-refractivity contribution in [3.05, 3.63) is 46.1 Å². The minimum atomic E-state index is -0.229. The molecule has 3 rings (SSSR count). The van der Waals surface area contributed by atoms with E-state index in [4.69, 9.17) is 12.2 Å². The summed E-state index contributed by atoms with van der Waals surface area (Å²) in [5.41, 5.74) is 4.03. The van der Waals surface area contributed by atoms with Crippen LogP contribution in [0.5, 0.6) is 0 Å². The zero-order valence-corrected chi connectivity index (χ0v) is 12.9. The summed E-state index contributed by atoms with van der Waals surface area (Å²) in [5.74, 6) is -0.229. The second kappa shape index (κ2) is 5.44. The molecule has 6 heteroatoms. The first kappa shape index (κ1) is 14.0. The Morgan fingerprint density at radius 3 is 2.67 bits per heavy atom. The molecule has 21 heavy (non-hydrogen) atoms. The number of nitrogens with zero attached hydrogens (tertiary/aromatic N) is 3. The summed E-state index contributed by atoms with van der Waals surface area (Å²) in [6, 6.07) is 6.49. The largest absolute Gasteiger partial charge is 0.328 e. The molecule has 0 radical (unpaired) electrons. The fraction of sp³-hybridized carbons (Fsp3) is 0.333. The monoisotopic (exact) mass is 304 g/mol. The van der Waals surface area contributed by atoms with Gasteiger partial charge in [0.1, 0.15) is 11.3 Å². The van der Waals surface area contributed by atoms with Crippen molar-refractivity contribution in [2.45, 2.75) is 26.3 Å². The quantitative estimate of drug-likeness (QED) is 0.748. The molecule has 0 fully saturated rings. The molecule has 1 aromatic carbocycles. The van der Waals surface area contributed by atoms with Crippen LogP contribution < -0.4 is 0 Å². The number of rotatable bonds is 4. The maximum absolute atomic E-state index is 13.0. The van der Waals surface area contributed by atoms with Crippen LogP contribution in [0.15, 0.2) is 24.3 Å². The van der Waals surface area contributed by atoms with Crippen molar-refractivity contribution < 1.29 is 4.39 Å². The van der Waals surface area contributed by atoms with Gasteiger partial charge < -0.3 is 4.98 Å². The van der Waals surface area contributed by atoms with E-state index in [0.29, 0.717) is 11.3 Å². The number of aromatic nitrogens is 4. The molecular weight excluding hydrogens is 287 g/mol. The van der Waals surface area contributed by atoms with E-state index in [1.165, 1.54) is 12.1 Å². The molecule has 0 atom stereocenters. The third-order valence-corrected chi connectivity index (χ3v) is 3.89. The maximum Gasteiger partial charge on any atom is 0.179 e. The first-order valence-corrected chi connectivity index (χ1v) is 7.39. The molecule has 0 unspecified atom stereocenters. The minimum absolute atomic E-state index is 0.229. The molecule has 0 spiro atoms. The molecule has 4 nitrogen and oxygen atoms in total. The van der Waals surface area contributed by atoms with E-state index in [2.05, 4.69) is 17.0 Å². The molecule has 0 saturated carbocycles. The molecule has 0 amide bonds. The van der Waals surface area contributed by atoms with Gasteiger partial charge in [0.25, 0.3) is 0 Å². The Labute approximate surface area is 127 Å². The van der Waals surface area contributed by atoms with Crippen molar-refractivity contribution in [2.24, 2.45) is 7.05 Å². The summed E-state index contributed by atoms with van der Waals surface area (Å²) in [7, 11) is 1.92. The second-order valence-electron chi connectivity index (χ2n) is 5.16. The van der Waals surface area contributed by atoms with E-state index < -0.39 is 0 Å². The van der Waals surface area contributed by atoms with E-state index in [9.17, 15) is 4.39 Å². The highest BCUT2D eigenvalue weighted by Gasteiger charge is 2.14. The predicted molar refractivity (Wildman–Crippen MR) is 83.4 cm³/mol. The number of aromatic amines is 1. The molecule has 0 bridgehead atoms. The lowest BCUT2D eigenvalue weighted by atomic mass is 10.2. The Kier molecular flexibility index (Phi) is 3.63. The van der Waals surface area contributed by atoms with Crippen LogP contribution in [-0.4, -0.2) is 19.3 Å². The number of hydrogen-bond donors (Lipinski definition) is 1. The number of fused-ring (bicyclic) bond motifs is 1. The highest BCUT2D eigenvalue weighted by molar-refractivity contribution is 7.71. The van der Waals surface area contributed by atoms with Crippen LogP contribution in [0.2, 0.25) is 0 Å². The van der Waals surface area contributed by atoms with Crippen molar-refractivity contribution in [1.29, 1.82) is 0 Å². The first-order chi connectivity index (χ1) is 10.1. The molecule has 3 aromatic rings. The third-order valence-electron chi connectivity index (χ3n) is 3.56. The Balaban J connectivity index is 2.08. The Morgan fingerprint density at radius 2 is 2.00 bits per heavy atom. The zero-order chi connectivity index (χ0) is 15.0. The molecule has 2 aromatic heterocycles. The van der Waals surface area contributed by atoms with Crippen molar-refractivity contribution in [3.63, 3.8) is 0 Å². The van der Waals surface area contributed by atoms with E-state index in [1.807, 2.05) is 16.3 Å². The van der Waals surface area contributed by atoms with Gasteiger partial charge in [-0.25, -0.2) is 4.39 Å². The lowest BCUT2D eigenvalue weighted by Crippen LogP contribution is -2.04. The van der Waals surface area contributed by atoms with Crippen LogP contribution in [0.1, 0.15) is 24.6 Å². The van der Waals surface area contributed by atoms with Crippen LogP contribution in [-0.2, 0) is 20.0 Å². The first-order valence-electron chi connectivity index (χ1n) is 6.99. The fourth-order valence-corrected chi connectivity index (χ4v) is 2.86. The average Bonchev–Trinajstić information content (AvgIpc) is 2.92. The van der Waals surface area contributed by atoms with Gasteiger partial charge in [-0.3, -0.25) is 9.25 Å². The van der Waals surface area contributed by atoms with Gasteiger partial charge in [0.05, 0.1) is 12.2 Å². The summed E-state index contributed by atoms with van der Waals surface area (Å²) in [5, 5.41) is 4.56. The van der Waals surface area contributed by atoms with Crippen molar-refractivity contribution in [3.8, 4) is 0 Å². The van der Waals surface area contributed by atoms with E-state index in [-0.39, 0.29) is 5.82 Å². The highest BCUT2D eigenvalue weighted by Crippen LogP contribution is 2.20. The summed E-state index contributed by atoms with van der Waals surface area (Å²) in [6.07, 6.45) is 1.96. The van der Waals surface area contributed by atoms with Gasteiger partial charge in [-0.1, -0.05) is 25.5 Å². The van der Waals surface area contributed by atoms with Crippen molar-refractivity contribution in [2.75, 3.05) is 0 Å². The topological polar surface area (TPSA) is 38.5 Å². The Bertz CT molecular complexity index is 826. The number of imidazole rings is 1. The molecular formula is C15H17FN4S. The number of aryl methyl sites for hydroxylation is 2. The molecule has 110 valence electrons. The Morgan fingerprint density at radius 1 is 1.29 bits per heavy atom. The van der Waals surface area contributed by atoms with Crippen molar-refractivity contribution in [1.82, 2.24) is 19.3 Å². The number of H-pyrrole nitrogens is 1. The summed E-state index contributed by atoms with van der Waals surface area (Å²) in [4.78, 5) is 3.25. The molecule has 2 heterocycles. The lowest BCUT2D eigenvalue weighted by molar-refractivity contribution is 0.626. The average molecular weight is 304 g/mol. The highest BCUT2D eigenvalue weighted by atomic mass is 32.1. The lowest BCUT2D eigenvalue weighted by Gasteiger charge is -2.05. The molecule has 0 aliphatic heterocycles. The number of hydrogen-bond acceptors (Lipinski definition) is 2. The standard InChI is InChI=1S/C15H17FN4S/c1-3-4-12-13-14(19(2)18-12)20(15(21)17-13)9-10-5-7-11(16)8-6-10/h5-8H,3-4,9H2,1-2H3,(H,17,21). The minimum Gasteiger partial charge on any atom is -0.328 e. The molecule has 0 aliphatic carbocycles. The van der Waals surface area contributed by atoms with Crippen LogP contribution in [0.25, 0.3) is 11.2 Å². The van der Waals surface area contributed by atoms with Gasteiger partial charge in [0, 0.05) is 7.05 Å². The number of benzene rings is 1. The Hall–Kier alpha value is -1.95. The smallest absolute Gasteiger partial charge is 0.179 e. The molecule has 1 N–H and O–H groups in total. The maximum atomic E-state index is 13.0. The van der Waals surface area contributed by atoms with Gasteiger partial charge in [0.2, 0.25) is 0 Å². The molecule has 0 saturated heterocycles. The third kappa shape index (κ3) is 2.51. The van der Waals surface area contributed by atoms with E-state index in [1.54, 1.807) is 12.1 Å². The van der Waals surface area contributed by atoms with Crippen LogP contribution in [0, 0.1) is 10.6 Å². The molecule has 0 aliphatic rings. The summed E-state index contributed by atoms with van der Waals surface area (Å²) in [6.45, 7) is 2.73. The second-order valence-corrected chi connectivity index (χ2v) is 5.55. The van der Waals surface area contributed by atoms with Crippen LogP contribution >= 0.6 is 12.2 Å². The predicted octanol–water partition coefficient (Wildman–Crippen LogP) is 3.57. The SMILES string of the molecule is CCCc1nn(C)c2c1[nH]c(=S)n2Cc1ccc(F)cc1. The van der Waals surface area contributed by atoms with Crippen molar-refractivity contribution >= 4 is 23.4 Å². The zero-order valence-electron chi connectivity index (χ0n) is 12.1. The van der Waals surface area contributed by atoms with Crippen LogP contribution in [0.3, 0.4) is 0 Å². The number of nitrogens with one attached hydrogen (secondary N) is 1. The summed E-state index contributed by atoms with van der Waals surface area (Å²) >= 11 is 5.43. The number of halogens is 1. The van der Waals surface area contributed by atoms with Gasteiger partial charge in [-0.2, -0.15) is 5.10 Å².